The number of methoxy groups -OCH3 is 1. The number of sulfonamides is 1. The fourth-order valence-electron chi connectivity index (χ4n) is 2.54. The zero-order valence-electron chi connectivity index (χ0n) is 12.6. The molecule has 0 aromatic carbocycles. The lowest BCUT2D eigenvalue weighted by molar-refractivity contribution is 0.363. The number of pyridine rings is 1. The van der Waals surface area contributed by atoms with Gasteiger partial charge in [0.05, 0.1) is 11.9 Å². The van der Waals surface area contributed by atoms with Crippen LogP contribution in [0.25, 0.3) is 0 Å². The van der Waals surface area contributed by atoms with Crippen molar-refractivity contribution in [2.75, 3.05) is 11.8 Å². The van der Waals surface area contributed by atoms with Gasteiger partial charge in [-0.05, 0) is 37.3 Å². The normalized spacial score (nSPS) is 17.6. The summed E-state index contributed by atoms with van der Waals surface area (Å²) in [6.45, 7) is 7.69. The fraction of sp³-hybridized carbons (Fsp3) is 0.643. The van der Waals surface area contributed by atoms with E-state index in [0.717, 1.165) is 5.69 Å². The maximum absolute atomic E-state index is 12.7. The van der Waals surface area contributed by atoms with E-state index >= 15 is 0 Å². The van der Waals surface area contributed by atoms with Crippen LogP contribution < -0.4 is 9.46 Å². The van der Waals surface area contributed by atoms with Crippen molar-refractivity contribution >= 4 is 15.8 Å². The van der Waals surface area contributed by atoms with Gasteiger partial charge in [-0.15, -0.1) is 0 Å². The first-order valence-electron chi connectivity index (χ1n) is 6.67. The molecule has 112 valence electrons. The van der Waals surface area contributed by atoms with E-state index in [1.54, 1.807) is 12.1 Å². The van der Waals surface area contributed by atoms with Gasteiger partial charge in [-0.25, -0.2) is 13.4 Å². The molecule has 1 N–H and O–H groups in total. The van der Waals surface area contributed by atoms with Crippen LogP contribution in [0.4, 0.5) is 5.82 Å². The van der Waals surface area contributed by atoms with Crippen LogP contribution in [0.15, 0.2) is 12.1 Å². The van der Waals surface area contributed by atoms with Crippen LogP contribution in [0.2, 0.25) is 0 Å². The summed E-state index contributed by atoms with van der Waals surface area (Å²) in [6.07, 6.45) is 1.36. The molecular weight excluding hydrogens is 276 g/mol. The van der Waals surface area contributed by atoms with Gasteiger partial charge in [0.25, 0.3) is 0 Å². The van der Waals surface area contributed by atoms with E-state index in [0.29, 0.717) is 18.6 Å². The molecule has 2 rings (SSSR count). The highest BCUT2D eigenvalue weighted by molar-refractivity contribution is 7.94. The summed E-state index contributed by atoms with van der Waals surface area (Å²) >= 11 is 0. The van der Waals surface area contributed by atoms with E-state index in [1.807, 2.05) is 27.7 Å². The summed E-state index contributed by atoms with van der Waals surface area (Å²) in [6, 6.07) is 3.50. The quantitative estimate of drug-likeness (QED) is 0.928. The Morgan fingerprint density at radius 3 is 2.35 bits per heavy atom. The van der Waals surface area contributed by atoms with Gasteiger partial charge >= 0.3 is 0 Å². The molecule has 20 heavy (non-hydrogen) atoms. The molecule has 0 unspecified atom stereocenters. The van der Waals surface area contributed by atoms with Crippen molar-refractivity contribution < 1.29 is 13.2 Å². The number of rotatable bonds is 4. The summed E-state index contributed by atoms with van der Waals surface area (Å²) in [7, 11) is -2.00. The minimum Gasteiger partial charge on any atom is -0.493 e. The molecule has 1 aromatic rings. The Morgan fingerprint density at radius 2 is 1.90 bits per heavy atom. The molecule has 5 nitrogen and oxygen atoms in total. The summed E-state index contributed by atoms with van der Waals surface area (Å²) < 4.78 is 32.5. The molecule has 0 bridgehead atoms. The largest absolute Gasteiger partial charge is 0.493 e. The maximum atomic E-state index is 12.7. The van der Waals surface area contributed by atoms with E-state index in [2.05, 4.69) is 9.71 Å². The average molecular weight is 298 g/mol. The Kier molecular flexibility index (Phi) is 3.48. The topological polar surface area (TPSA) is 68.3 Å². The highest BCUT2D eigenvalue weighted by atomic mass is 32.2. The summed E-state index contributed by atoms with van der Waals surface area (Å²) in [5.41, 5.74) is 0.430. The summed E-state index contributed by atoms with van der Waals surface area (Å²) in [5.74, 6) is 0.701. The molecule has 1 aromatic heterocycles. The smallest absolute Gasteiger partial charge is 0.240 e. The van der Waals surface area contributed by atoms with Crippen LogP contribution >= 0.6 is 0 Å². The molecule has 0 aliphatic heterocycles. The second-order valence-corrected chi connectivity index (χ2v) is 8.35. The molecular formula is C14H22N2O3S. The molecule has 0 radical (unpaired) electrons. The lowest BCUT2D eigenvalue weighted by Crippen LogP contribution is -2.40. The van der Waals surface area contributed by atoms with Gasteiger partial charge in [-0.2, -0.15) is 0 Å². The van der Waals surface area contributed by atoms with Gasteiger partial charge in [0.15, 0.2) is 11.6 Å². The van der Waals surface area contributed by atoms with Crippen molar-refractivity contribution in [3.63, 3.8) is 0 Å². The number of ether oxygens (including phenoxy) is 1. The second kappa shape index (κ2) is 4.62. The Morgan fingerprint density at radius 1 is 1.30 bits per heavy atom. The van der Waals surface area contributed by atoms with Crippen LogP contribution in [-0.4, -0.2) is 25.3 Å². The number of hydrogen-bond acceptors (Lipinski definition) is 4. The number of nitrogens with zero attached hydrogens (tertiary/aromatic N) is 1. The van der Waals surface area contributed by atoms with Crippen molar-refractivity contribution in [1.82, 2.24) is 4.98 Å². The Labute approximate surface area is 120 Å². The zero-order chi connectivity index (χ0) is 15.2. The van der Waals surface area contributed by atoms with Crippen LogP contribution in [0.3, 0.4) is 0 Å². The molecule has 0 atom stereocenters. The third kappa shape index (κ3) is 2.37. The molecule has 1 fully saturated rings. The highest BCUT2D eigenvalue weighted by Crippen LogP contribution is 2.56. The monoisotopic (exact) mass is 298 g/mol. The van der Waals surface area contributed by atoms with Crippen molar-refractivity contribution in [3.8, 4) is 5.75 Å². The van der Waals surface area contributed by atoms with Gasteiger partial charge in [0.2, 0.25) is 10.0 Å². The van der Waals surface area contributed by atoms with Crippen LogP contribution in [0.5, 0.6) is 5.75 Å². The van der Waals surface area contributed by atoms with Crippen molar-refractivity contribution in [3.05, 3.63) is 17.8 Å². The van der Waals surface area contributed by atoms with Gasteiger partial charge in [-0.3, -0.25) is 4.72 Å². The molecule has 1 aliphatic carbocycles. The SMILES string of the molecule is COc1ccc(C)nc1NS(=O)(=O)C1(C(C)(C)C)CC1. The fourth-order valence-corrected chi connectivity index (χ4v) is 4.58. The third-order valence-corrected chi connectivity index (χ3v) is 6.55. The number of hydrogen-bond donors (Lipinski definition) is 1. The van der Waals surface area contributed by atoms with E-state index in [1.165, 1.54) is 7.11 Å². The average Bonchev–Trinajstić information content (AvgIpc) is 3.09. The first-order valence-corrected chi connectivity index (χ1v) is 8.15. The first-order chi connectivity index (χ1) is 9.13. The zero-order valence-corrected chi connectivity index (χ0v) is 13.5. The number of aryl methyl sites for hydroxylation is 1. The lowest BCUT2D eigenvalue weighted by Gasteiger charge is -2.30. The number of aromatic nitrogens is 1. The molecule has 0 saturated heterocycles. The molecule has 6 heteroatoms. The summed E-state index contributed by atoms with van der Waals surface area (Å²) in [5, 5.41) is 0. The molecule has 1 saturated carbocycles. The van der Waals surface area contributed by atoms with Gasteiger partial charge < -0.3 is 4.74 Å². The lowest BCUT2D eigenvalue weighted by atomic mass is 9.90. The van der Waals surface area contributed by atoms with Crippen molar-refractivity contribution in [2.45, 2.75) is 45.3 Å². The number of anilines is 1. The molecule has 1 heterocycles. The van der Waals surface area contributed by atoms with Crippen LogP contribution in [0, 0.1) is 12.3 Å². The van der Waals surface area contributed by atoms with Gasteiger partial charge in [0, 0.05) is 5.69 Å². The van der Waals surface area contributed by atoms with E-state index in [4.69, 9.17) is 4.74 Å². The minimum absolute atomic E-state index is 0.267. The predicted molar refractivity (Wildman–Crippen MR) is 79.5 cm³/mol. The van der Waals surface area contributed by atoms with Crippen LogP contribution in [-0.2, 0) is 10.0 Å². The molecule has 0 amide bonds. The van der Waals surface area contributed by atoms with Gasteiger partial charge in [-0.1, -0.05) is 20.8 Å². The summed E-state index contributed by atoms with van der Waals surface area (Å²) in [4.78, 5) is 4.24. The first kappa shape index (κ1) is 15.1. The molecule has 1 aliphatic rings. The number of nitrogens with one attached hydrogen (secondary N) is 1. The second-order valence-electron chi connectivity index (χ2n) is 6.35. The maximum Gasteiger partial charge on any atom is 0.240 e. The van der Waals surface area contributed by atoms with Gasteiger partial charge in [0.1, 0.15) is 0 Å². The Balaban J connectivity index is 2.37. The Hall–Kier alpha value is -1.30. The third-order valence-electron chi connectivity index (χ3n) is 4.03. The van der Waals surface area contributed by atoms with Crippen LogP contribution in [0.1, 0.15) is 39.3 Å². The minimum atomic E-state index is -3.50. The predicted octanol–water partition coefficient (Wildman–Crippen LogP) is 2.72. The Bertz CT molecular complexity index is 614. The van der Waals surface area contributed by atoms with Crippen molar-refractivity contribution in [2.24, 2.45) is 5.41 Å². The van der Waals surface area contributed by atoms with E-state index < -0.39 is 14.8 Å². The molecule has 0 spiro atoms. The van der Waals surface area contributed by atoms with E-state index in [9.17, 15) is 8.42 Å². The van der Waals surface area contributed by atoms with Crippen molar-refractivity contribution in [1.29, 1.82) is 0 Å². The highest BCUT2D eigenvalue weighted by Gasteiger charge is 2.62. The van der Waals surface area contributed by atoms with E-state index in [-0.39, 0.29) is 11.2 Å². The standard InChI is InChI=1S/C14H22N2O3S/c1-10-6-7-11(19-5)12(15-10)16-20(17,18)14(8-9-14)13(2,3)4/h6-7H,8-9H2,1-5H3,(H,15,16).